The molecule has 2 aromatic carbocycles. The molecule has 0 fully saturated rings. The van der Waals surface area contributed by atoms with Crippen molar-refractivity contribution in [1.82, 2.24) is 0 Å². The summed E-state index contributed by atoms with van der Waals surface area (Å²) in [5.41, 5.74) is 12.3. The van der Waals surface area contributed by atoms with E-state index in [-0.39, 0.29) is 51.0 Å². The Balaban J connectivity index is 1.61. The van der Waals surface area contributed by atoms with Gasteiger partial charge >= 0.3 is 0 Å². The van der Waals surface area contributed by atoms with Gasteiger partial charge in [-0.1, -0.05) is 50.8 Å². The number of carbonyl (C=O) groups is 2. The Hall–Kier alpha value is -4.00. The first-order valence-electron chi connectivity index (χ1n) is 11.9. The van der Waals surface area contributed by atoms with Crippen molar-refractivity contribution in [3.8, 4) is 11.5 Å². The molecule has 2 aliphatic carbocycles. The van der Waals surface area contributed by atoms with Gasteiger partial charge in [0.15, 0.2) is 0 Å². The lowest BCUT2D eigenvalue weighted by molar-refractivity contribution is 0.0975. The molecule has 7 heteroatoms. The largest absolute Gasteiger partial charge is 0.507 e. The third kappa shape index (κ3) is 4.54. The standard InChI is InChI=1S/C28H30N2O5/c1-2-3-4-5-6-14-35-17-9-7-8-16(10-11-17)18-15-21(32)24-25(26(18)30)28(34)23-20(31)13-12-19(29)22(23)27(24)33/h7-13,15-16,31-32H,2-6,14,29-30H2,1H3. The van der Waals surface area contributed by atoms with E-state index >= 15 is 0 Å². The van der Waals surface area contributed by atoms with Crippen LogP contribution in [-0.4, -0.2) is 28.4 Å². The number of hydrogen-bond donors (Lipinski definition) is 4. The maximum Gasteiger partial charge on any atom is 0.200 e. The molecule has 0 bridgehead atoms. The number of aromatic hydroxyl groups is 2. The van der Waals surface area contributed by atoms with Crippen LogP contribution < -0.4 is 11.5 Å². The third-order valence-electron chi connectivity index (χ3n) is 6.43. The summed E-state index contributed by atoms with van der Waals surface area (Å²) in [7, 11) is 0. The molecule has 0 spiro atoms. The number of anilines is 2. The van der Waals surface area contributed by atoms with Gasteiger partial charge in [-0.3, -0.25) is 9.59 Å². The topological polar surface area (TPSA) is 136 Å². The lowest BCUT2D eigenvalue weighted by Gasteiger charge is -2.24. The van der Waals surface area contributed by atoms with E-state index in [4.69, 9.17) is 16.2 Å². The van der Waals surface area contributed by atoms with E-state index < -0.39 is 11.6 Å². The number of ether oxygens (including phenoxy) is 1. The van der Waals surface area contributed by atoms with E-state index in [0.717, 1.165) is 12.8 Å². The van der Waals surface area contributed by atoms with E-state index in [2.05, 4.69) is 6.92 Å². The fraction of sp³-hybridized carbons (Fsp3) is 0.286. The van der Waals surface area contributed by atoms with Crippen LogP contribution in [0, 0.1) is 0 Å². The fourth-order valence-electron chi connectivity index (χ4n) is 4.57. The van der Waals surface area contributed by atoms with Gasteiger partial charge in [-0.25, -0.2) is 0 Å². The predicted molar refractivity (Wildman–Crippen MR) is 136 cm³/mol. The quantitative estimate of drug-likeness (QED) is 0.202. The number of fused-ring (bicyclic) bond motifs is 2. The molecule has 0 aliphatic heterocycles. The molecule has 1 unspecified atom stereocenters. The first kappa shape index (κ1) is 24.1. The maximum absolute atomic E-state index is 13.3. The summed E-state index contributed by atoms with van der Waals surface area (Å²) in [4.78, 5) is 26.5. The van der Waals surface area contributed by atoms with Crippen molar-refractivity contribution in [2.45, 2.75) is 44.9 Å². The van der Waals surface area contributed by atoms with Crippen molar-refractivity contribution in [1.29, 1.82) is 0 Å². The van der Waals surface area contributed by atoms with Crippen LogP contribution in [0.15, 0.2) is 54.3 Å². The molecule has 0 amide bonds. The van der Waals surface area contributed by atoms with Crippen LogP contribution in [0.4, 0.5) is 11.4 Å². The number of benzene rings is 2. The first-order valence-corrected chi connectivity index (χ1v) is 11.9. The molecular formula is C28H30N2O5. The molecule has 0 aromatic heterocycles. The molecule has 7 nitrogen and oxygen atoms in total. The van der Waals surface area contributed by atoms with Gasteiger partial charge in [0.2, 0.25) is 11.6 Å². The normalized spacial score (nSPS) is 16.5. The number of rotatable bonds is 8. The smallest absolute Gasteiger partial charge is 0.200 e. The van der Waals surface area contributed by atoms with Gasteiger partial charge in [-0.05, 0) is 42.3 Å². The molecular weight excluding hydrogens is 444 g/mol. The number of phenols is 2. The lowest BCUT2D eigenvalue weighted by atomic mass is 9.79. The molecule has 2 aromatic rings. The summed E-state index contributed by atoms with van der Waals surface area (Å²) < 4.78 is 5.87. The minimum Gasteiger partial charge on any atom is -0.507 e. The van der Waals surface area contributed by atoms with Crippen LogP contribution in [0.2, 0.25) is 0 Å². The van der Waals surface area contributed by atoms with E-state index in [1.165, 1.54) is 37.5 Å². The van der Waals surface area contributed by atoms with Crippen molar-refractivity contribution in [2.75, 3.05) is 18.1 Å². The zero-order valence-corrected chi connectivity index (χ0v) is 19.7. The van der Waals surface area contributed by atoms with Gasteiger partial charge in [0.1, 0.15) is 17.3 Å². The zero-order valence-electron chi connectivity index (χ0n) is 19.7. The van der Waals surface area contributed by atoms with Gasteiger partial charge in [-0.2, -0.15) is 0 Å². The predicted octanol–water partition coefficient (Wildman–Crippen LogP) is 5.12. The molecule has 6 N–H and O–H groups in total. The van der Waals surface area contributed by atoms with Crippen LogP contribution >= 0.6 is 0 Å². The molecule has 0 saturated carbocycles. The Bertz CT molecular complexity index is 1270. The summed E-state index contributed by atoms with van der Waals surface area (Å²) in [6, 6.07) is 4.01. The summed E-state index contributed by atoms with van der Waals surface area (Å²) in [5.74, 6) is -1.69. The highest BCUT2D eigenvalue weighted by Gasteiger charge is 2.38. The van der Waals surface area contributed by atoms with Gasteiger partial charge in [-0.15, -0.1) is 0 Å². The van der Waals surface area contributed by atoms with E-state index in [1.807, 2.05) is 30.4 Å². The average molecular weight is 475 g/mol. The number of nitrogen functional groups attached to an aromatic ring is 2. The second-order valence-corrected chi connectivity index (χ2v) is 8.83. The molecule has 2 aliphatic rings. The summed E-state index contributed by atoms with van der Waals surface area (Å²) >= 11 is 0. The number of allylic oxidation sites excluding steroid dienone is 5. The van der Waals surface area contributed by atoms with Gasteiger partial charge in [0.05, 0.1) is 28.9 Å². The van der Waals surface area contributed by atoms with Crippen molar-refractivity contribution in [3.05, 3.63) is 82.2 Å². The van der Waals surface area contributed by atoms with Crippen molar-refractivity contribution >= 4 is 22.9 Å². The second kappa shape index (κ2) is 10.1. The fourth-order valence-corrected chi connectivity index (χ4v) is 4.57. The van der Waals surface area contributed by atoms with Crippen molar-refractivity contribution < 1.29 is 24.5 Å². The highest BCUT2D eigenvalue weighted by Crippen LogP contribution is 2.44. The molecule has 4 rings (SSSR count). The lowest BCUT2D eigenvalue weighted by Crippen LogP contribution is -2.25. The highest BCUT2D eigenvalue weighted by molar-refractivity contribution is 6.33. The van der Waals surface area contributed by atoms with Crippen LogP contribution in [0.3, 0.4) is 0 Å². The van der Waals surface area contributed by atoms with Gasteiger partial charge in [0, 0.05) is 17.3 Å². The van der Waals surface area contributed by atoms with Crippen LogP contribution in [-0.2, 0) is 4.74 Å². The van der Waals surface area contributed by atoms with Crippen LogP contribution in [0.5, 0.6) is 11.5 Å². The summed E-state index contributed by atoms with van der Waals surface area (Å²) in [6.07, 6.45) is 15.0. The Morgan fingerprint density at radius 2 is 1.60 bits per heavy atom. The van der Waals surface area contributed by atoms with E-state index in [9.17, 15) is 19.8 Å². The molecule has 182 valence electrons. The molecule has 0 heterocycles. The van der Waals surface area contributed by atoms with Gasteiger partial charge < -0.3 is 26.4 Å². The molecule has 0 saturated heterocycles. The summed E-state index contributed by atoms with van der Waals surface area (Å²) in [5, 5.41) is 21.1. The highest BCUT2D eigenvalue weighted by atomic mass is 16.5. The Kier molecular flexibility index (Phi) is 6.96. The Morgan fingerprint density at radius 1 is 0.886 bits per heavy atom. The van der Waals surface area contributed by atoms with E-state index in [0.29, 0.717) is 17.9 Å². The SMILES string of the molecule is CCCCCCCOC1=CC=CC(c2cc(O)c3c(c2N)C(=O)c2c(O)ccc(N)c2C3=O)C=C1. The molecule has 0 radical (unpaired) electrons. The van der Waals surface area contributed by atoms with E-state index in [1.54, 1.807) is 0 Å². The third-order valence-corrected chi connectivity index (χ3v) is 6.43. The number of phenolic OH excluding ortho intramolecular Hbond substituents is 2. The zero-order chi connectivity index (χ0) is 25.1. The van der Waals surface area contributed by atoms with Crippen molar-refractivity contribution in [3.63, 3.8) is 0 Å². The number of nitrogens with two attached hydrogens (primary N) is 2. The monoisotopic (exact) mass is 474 g/mol. The Morgan fingerprint density at radius 3 is 2.37 bits per heavy atom. The average Bonchev–Trinajstić information content (AvgIpc) is 3.08. The minimum atomic E-state index is -0.652. The summed E-state index contributed by atoms with van der Waals surface area (Å²) in [6.45, 7) is 2.81. The number of unbranched alkanes of at least 4 members (excludes halogenated alkanes) is 4. The van der Waals surface area contributed by atoms with Gasteiger partial charge in [0.25, 0.3) is 0 Å². The number of ketones is 2. The molecule has 1 atom stereocenters. The first-order chi connectivity index (χ1) is 16.8. The maximum atomic E-state index is 13.3. The number of carbonyl (C=O) groups excluding carboxylic acids is 2. The minimum absolute atomic E-state index is 0.0439. The van der Waals surface area contributed by atoms with Crippen LogP contribution in [0.25, 0.3) is 0 Å². The Labute approximate surface area is 204 Å². The molecule has 35 heavy (non-hydrogen) atoms. The van der Waals surface area contributed by atoms with Crippen LogP contribution in [0.1, 0.15) is 82.4 Å². The number of hydrogen-bond acceptors (Lipinski definition) is 7. The van der Waals surface area contributed by atoms with Crippen molar-refractivity contribution in [2.24, 2.45) is 0 Å². The second-order valence-electron chi connectivity index (χ2n) is 8.83.